The van der Waals surface area contributed by atoms with Crippen molar-refractivity contribution in [1.82, 2.24) is 0 Å². The molecule has 0 aliphatic rings. The van der Waals surface area contributed by atoms with Crippen molar-refractivity contribution in [1.29, 1.82) is 0 Å². The van der Waals surface area contributed by atoms with Crippen LogP contribution in [-0.4, -0.2) is 23.4 Å². The molecule has 0 aromatic heterocycles. The van der Waals surface area contributed by atoms with Gasteiger partial charge < -0.3 is 10.2 Å². The van der Waals surface area contributed by atoms with Crippen LogP contribution in [0, 0.1) is 5.92 Å². The topological polar surface area (TPSA) is 40.5 Å². The van der Waals surface area contributed by atoms with Gasteiger partial charge in [-0.05, 0) is 11.5 Å². The fourth-order valence-electron chi connectivity index (χ4n) is 1.77. The Kier molecular flexibility index (Phi) is 4.63. The van der Waals surface area contributed by atoms with Crippen molar-refractivity contribution in [2.45, 2.75) is 19.3 Å². The third-order valence-electron chi connectivity index (χ3n) is 2.75. The fraction of sp³-hybridized carbons (Fsp3) is 0.500. The molecular formula is C12H18O2. The summed E-state index contributed by atoms with van der Waals surface area (Å²) in [7, 11) is 0. The molecule has 0 saturated heterocycles. The Hall–Kier alpha value is -0.860. The van der Waals surface area contributed by atoms with E-state index in [0.717, 1.165) is 12.0 Å². The molecule has 0 amide bonds. The smallest absolute Gasteiger partial charge is 0.0503 e. The number of hydrogen-bond acceptors (Lipinski definition) is 2. The molecule has 0 spiro atoms. The monoisotopic (exact) mass is 194 g/mol. The lowest BCUT2D eigenvalue weighted by Crippen LogP contribution is -2.19. The van der Waals surface area contributed by atoms with E-state index >= 15 is 0 Å². The van der Waals surface area contributed by atoms with Crippen LogP contribution in [-0.2, 0) is 0 Å². The number of aliphatic hydroxyl groups is 2. The summed E-state index contributed by atoms with van der Waals surface area (Å²) in [6.45, 7) is 2.27. The molecule has 2 nitrogen and oxygen atoms in total. The molecule has 14 heavy (non-hydrogen) atoms. The van der Waals surface area contributed by atoms with Crippen LogP contribution in [0.3, 0.4) is 0 Å². The fourth-order valence-corrected chi connectivity index (χ4v) is 1.77. The molecule has 0 bridgehead atoms. The van der Waals surface area contributed by atoms with Gasteiger partial charge in [0, 0.05) is 12.5 Å². The molecule has 1 aromatic carbocycles. The third-order valence-corrected chi connectivity index (χ3v) is 2.75. The van der Waals surface area contributed by atoms with Crippen LogP contribution in [0.1, 0.15) is 24.8 Å². The van der Waals surface area contributed by atoms with Gasteiger partial charge in [-0.1, -0.05) is 43.7 Å². The first kappa shape index (κ1) is 11.2. The Morgan fingerprint density at radius 2 is 1.71 bits per heavy atom. The molecular weight excluding hydrogens is 176 g/mol. The molecule has 1 aromatic rings. The van der Waals surface area contributed by atoms with E-state index < -0.39 is 0 Å². The van der Waals surface area contributed by atoms with Crippen molar-refractivity contribution in [3.05, 3.63) is 35.9 Å². The number of rotatable bonds is 5. The van der Waals surface area contributed by atoms with E-state index in [1.165, 1.54) is 0 Å². The van der Waals surface area contributed by atoms with Crippen molar-refractivity contribution >= 4 is 0 Å². The summed E-state index contributed by atoms with van der Waals surface area (Å²) in [5.74, 6) is 0.216. The van der Waals surface area contributed by atoms with Crippen molar-refractivity contribution in [3.8, 4) is 0 Å². The molecule has 0 aliphatic heterocycles. The van der Waals surface area contributed by atoms with Gasteiger partial charge in [0.25, 0.3) is 0 Å². The molecule has 2 atom stereocenters. The normalized spacial score (nSPS) is 15.1. The van der Waals surface area contributed by atoms with Gasteiger partial charge in [0.15, 0.2) is 0 Å². The maximum Gasteiger partial charge on any atom is 0.0503 e. The molecule has 78 valence electrons. The highest BCUT2D eigenvalue weighted by atomic mass is 16.3. The van der Waals surface area contributed by atoms with Crippen molar-refractivity contribution in [2.24, 2.45) is 5.92 Å². The Morgan fingerprint density at radius 1 is 1.07 bits per heavy atom. The van der Waals surface area contributed by atoms with Crippen molar-refractivity contribution in [3.63, 3.8) is 0 Å². The maximum atomic E-state index is 9.30. The summed E-state index contributed by atoms with van der Waals surface area (Å²) in [5.41, 5.74) is 1.11. The Labute approximate surface area is 85.2 Å². The van der Waals surface area contributed by atoms with E-state index in [9.17, 15) is 10.2 Å². The highest BCUT2D eigenvalue weighted by Gasteiger charge is 2.19. The van der Waals surface area contributed by atoms with E-state index in [4.69, 9.17) is 0 Å². The second-order valence-corrected chi connectivity index (χ2v) is 3.55. The van der Waals surface area contributed by atoms with E-state index in [-0.39, 0.29) is 25.0 Å². The quantitative estimate of drug-likeness (QED) is 0.750. The van der Waals surface area contributed by atoms with E-state index in [2.05, 4.69) is 0 Å². The predicted octanol–water partition coefficient (Wildman–Crippen LogP) is 1.78. The second kappa shape index (κ2) is 5.78. The first-order chi connectivity index (χ1) is 6.83. The third kappa shape index (κ3) is 2.56. The summed E-state index contributed by atoms with van der Waals surface area (Å²) in [6, 6.07) is 9.88. The number of hydrogen-bond donors (Lipinski definition) is 2. The second-order valence-electron chi connectivity index (χ2n) is 3.55. The zero-order valence-corrected chi connectivity index (χ0v) is 8.56. The largest absolute Gasteiger partial charge is 0.396 e. The molecule has 0 heterocycles. The van der Waals surface area contributed by atoms with Crippen LogP contribution in [0.25, 0.3) is 0 Å². The van der Waals surface area contributed by atoms with Crippen LogP contribution in [0.15, 0.2) is 30.3 Å². The zero-order chi connectivity index (χ0) is 10.4. The minimum Gasteiger partial charge on any atom is -0.396 e. The zero-order valence-electron chi connectivity index (χ0n) is 8.56. The lowest BCUT2D eigenvalue weighted by Gasteiger charge is -2.22. The van der Waals surface area contributed by atoms with Crippen LogP contribution >= 0.6 is 0 Å². The van der Waals surface area contributed by atoms with Crippen molar-refractivity contribution in [2.75, 3.05) is 13.2 Å². The van der Waals surface area contributed by atoms with E-state index in [1.807, 2.05) is 37.3 Å². The summed E-state index contributed by atoms with van der Waals surface area (Å²) >= 11 is 0. The Balaban J connectivity index is 2.81. The van der Waals surface area contributed by atoms with Crippen molar-refractivity contribution < 1.29 is 10.2 Å². The maximum absolute atomic E-state index is 9.30. The van der Waals surface area contributed by atoms with Crippen LogP contribution in [0.2, 0.25) is 0 Å². The van der Waals surface area contributed by atoms with Gasteiger partial charge in [-0.15, -0.1) is 0 Å². The lowest BCUT2D eigenvalue weighted by molar-refractivity contribution is 0.156. The number of benzene rings is 1. The molecule has 2 heteroatoms. The lowest BCUT2D eigenvalue weighted by atomic mass is 9.85. The minimum absolute atomic E-state index is 0.0613. The Bertz CT molecular complexity index is 242. The first-order valence-electron chi connectivity index (χ1n) is 5.10. The van der Waals surface area contributed by atoms with Crippen LogP contribution in [0.4, 0.5) is 0 Å². The highest BCUT2D eigenvalue weighted by molar-refractivity contribution is 5.20. The van der Waals surface area contributed by atoms with Crippen LogP contribution < -0.4 is 0 Å². The average Bonchev–Trinajstić information content (AvgIpc) is 2.27. The average molecular weight is 194 g/mol. The van der Waals surface area contributed by atoms with Gasteiger partial charge in [0.05, 0.1) is 6.61 Å². The van der Waals surface area contributed by atoms with Crippen LogP contribution in [0.5, 0.6) is 0 Å². The van der Waals surface area contributed by atoms with E-state index in [0.29, 0.717) is 0 Å². The van der Waals surface area contributed by atoms with Gasteiger partial charge in [-0.3, -0.25) is 0 Å². The summed E-state index contributed by atoms with van der Waals surface area (Å²) in [5, 5.41) is 18.5. The number of aliphatic hydroxyl groups excluding tert-OH is 2. The standard InChI is InChI=1S/C12H18O2/c1-2-10(8-13)12(9-14)11-6-4-3-5-7-11/h3-7,10,12-14H,2,8-9H2,1H3/t10-,12+/m0/s1. The molecule has 2 N–H and O–H groups in total. The molecule has 0 fully saturated rings. The molecule has 1 rings (SSSR count). The van der Waals surface area contributed by atoms with Gasteiger partial charge in [-0.2, -0.15) is 0 Å². The minimum atomic E-state index is 0.0613. The Morgan fingerprint density at radius 3 is 2.14 bits per heavy atom. The van der Waals surface area contributed by atoms with Gasteiger partial charge >= 0.3 is 0 Å². The summed E-state index contributed by atoms with van der Waals surface area (Å²) < 4.78 is 0. The molecule has 0 radical (unpaired) electrons. The van der Waals surface area contributed by atoms with E-state index in [1.54, 1.807) is 0 Å². The highest BCUT2D eigenvalue weighted by Crippen LogP contribution is 2.26. The van der Waals surface area contributed by atoms with Gasteiger partial charge in [0.1, 0.15) is 0 Å². The van der Waals surface area contributed by atoms with Gasteiger partial charge in [0.2, 0.25) is 0 Å². The SMILES string of the molecule is CC[C@@H](CO)[C@@H](CO)c1ccccc1. The summed E-state index contributed by atoms with van der Waals surface area (Å²) in [6.07, 6.45) is 0.886. The first-order valence-corrected chi connectivity index (χ1v) is 5.10. The molecule has 0 saturated carbocycles. The molecule has 0 aliphatic carbocycles. The summed E-state index contributed by atoms with van der Waals surface area (Å²) in [4.78, 5) is 0. The molecule has 0 unspecified atom stereocenters. The predicted molar refractivity (Wildman–Crippen MR) is 57.1 cm³/mol. The van der Waals surface area contributed by atoms with Gasteiger partial charge in [-0.25, -0.2) is 0 Å².